The zero-order valence-corrected chi connectivity index (χ0v) is 17.3. The number of carbonyl (C=O) groups is 1. The van der Waals surface area contributed by atoms with Crippen molar-refractivity contribution >= 4 is 32.3 Å². The fourth-order valence-corrected chi connectivity index (χ4v) is 5.86. The van der Waals surface area contributed by atoms with Gasteiger partial charge < -0.3 is 4.98 Å². The van der Waals surface area contributed by atoms with Crippen LogP contribution in [0.3, 0.4) is 0 Å². The summed E-state index contributed by atoms with van der Waals surface area (Å²) in [4.78, 5) is 26.6. The van der Waals surface area contributed by atoms with Crippen LogP contribution in [0.4, 0.5) is 5.69 Å². The molecule has 30 heavy (non-hydrogen) atoms. The second-order valence-corrected chi connectivity index (χ2v) is 9.26. The van der Waals surface area contributed by atoms with E-state index in [1.165, 1.54) is 23.5 Å². The molecule has 3 aromatic rings. The quantitative estimate of drug-likeness (QED) is 0.696. The zero-order chi connectivity index (χ0) is 21.6. The summed E-state index contributed by atoms with van der Waals surface area (Å²) in [6.07, 6.45) is 2.10. The van der Waals surface area contributed by atoms with Gasteiger partial charge in [0.2, 0.25) is 0 Å². The lowest BCUT2D eigenvalue weighted by atomic mass is 9.98. The molecule has 0 fully saturated rings. The van der Waals surface area contributed by atoms with E-state index in [2.05, 4.69) is 11.1 Å². The standard InChI is InChI=1S/C22H19N3O4S/c1-13-12-24-22(27)18-4-3-5-20(21(13)18)30(28,29)25-7-6-17-16(8-14(2)26)9-15(11-23)10-19(17)25/h3-5,9-10,12H,6-8H2,1-2H3,(H,24,27). The number of benzene rings is 2. The molecule has 0 atom stereocenters. The lowest BCUT2D eigenvalue weighted by Crippen LogP contribution is -2.29. The lowest BCUT2D eigenvalue weighted by Gasteiger charge is -2.21. The summed E-state index contributed by atoms with van der Waals surface area (Å²) < 4.78 is 28.6. The normalized spacial score (nSPS) is 13.3. The molecule has 0 saturated carbocycles. The van der Waals surface area contributed by atoms with Gasteiger partial charge in [0.1, 0.15) is 5.78 Å². The van der Waals surface area contributed by atoms with Crippen LogP contribution in [0.15, 0.2) is 46.2 Å². The highest BCUT2D eigenvalue weighted by Gasteiger charge is 2.34. The van der Waals surface area contributed by atoms with Crippen molar-refractivity contribution in [1.82, 2.24) is 4.98 Å². The smallest absolute Gasteiger partial charge is 0.264 e. The summed E-state index contributed by atoms with van der Waals surface area (Å²) >= 11 is 0. The van der Waals surface area contributed by atoms with Crippen LogP contribution in [-0.2, 0) is 27.7 Å². The molecule has 0 radical (unpaired) electrons. The Bertz CT molecular complexity index is 1410. The van der Waals surface area contributed by atoms with Crippen LogP contribution in [0.25, 0.3) is 10.8 Å². The van der Waals surface area contributed by atoms with Gasteiger partial charge in [0.25, 0.3) is 15.6 Å². The second-order valence-electron chi connectivity index (χ2n) is 7.43. The summed E-state index contributed by atoms with van der Waals surface area (Å²) in [5.41, 5.74) is 2.46. The fraction of sp³-hybridized carbons (Fsp3) is 0.227. The van der Waals surface area contributed by atoms with Crippen LogP contribution in [-0.4, -0.2) is 25.7 Å². The van der Waals surface area contributed by atoms with Crippen molar-refractivity contribution in [2.24, 2.45) is 0 Å². The average molecular weight is 421 g/mol. The van der Waals surface area contributed by atoms with Crippen LogP contribution in [0.2, 0.25) is 0 Å². The summed E-state index contributed by atoms with van der Waals surface area (Å²) in [6, 6.07) is 9.89. The molecule has 0 unspecified atom stereocenters. The van der Waals surface area contributed by atoms with Gasteiger partial charge in [-0.15, -0.1) is 0 Å². The number of pyridine rings is 1. The molecule has 8 heteroatoms. The largest absolute Gasteiger partial charge is 0.328 e. The molecule has 0 saturated heterocycles. The molecule has 0 amide bonds. The van der Waals surface area contributed by atoms with E-state index >= 15 is 0 Å². The van der Waals surface area contributed by atoms with E-state index in [1.54, 1.807) is 31.2 Å². The molecule has 0 aliphatic carbocycles. The molecule has 152 valence electrons. The van der Waals surface area contributed by atoms with Gasteiger partial charge in [-0.25, -0.2) is 8.42 Å². The molecule has 7 nitrogen and oxygen atoms in total. The molecular weight excluding hydrogens is 402 g/mol. The molecule has 2 heterocycles. The van der Waals surface area contributed by atoms with Gasteiger partial charge in [0.15, 0.2) is 0 Å². The predicted molar refractivity (Wildman–Crippen MR) is 113 cm³/mol. The number of aromatic amines is 1. The van der Waals surface area contributed by atoms with Gasteiger partial charge in [0.05, 0.1) is 22.2 Å². The minimum Gasteiger partial charge on any atom is -0.328 e. The highest BCUT2D eigenvalue weighted by molar-refractivity contribution is 7.93. The Morgan fingerprint density at radius 2 is 2.07 bits per heavy atom. The maximum absolute atomic E-state index is 13.7. The number of H-pyrrole nitrogens is 1. The molecule has 1 aromatic heterocycles. The SMILES string of the molecule is CC(=O)Cc1cc(C#N)cc2c1CCN2S(=O)(=O)c1cccc2c(=O)[nH]cc(C)c12. The number of nitrogens with one attached hydrogen (secondary N) is 1. The number of carbonyl (C=O) groups excluding carboxylic acids is 1. The molecule has 4 rings (SSSR count). The Kier molecular flexibility index (Phi) is 4.71. The zero-order valence-electron chi connectivity index (χ0n) is 16.5. The number of fused-ring (bicyclic) bond motifs is 2. The van der Waals surface area contributed by atoms with Gasteiger partial charge in [0, 0.05) is 29.9 Å². The van der Waals surface area contributed by atoms with Crippen LogP contribution < -0.4 is 9.86 Å². The number of nitrogens with zero attached hydrogens (tertiary/aromatic N) is 2. The monoisotopic (exact) mass is 421 g/mol. The molecule has 2 aromatic carbocycles. The van der Waals surface area contributed by atoms with Gasteiger partial charge in [-0.3, -0.25) is 13.9 Å². The number of rotatable bonds is 4. The van der Waals surface area contributed by atoms with Crippen molar-refractivity contribution in [3.05, 3.63) is 69.1 Å². The van der Waals surface area contributed by atoms with Crippen LogP contribution >= 0.6 is 0 Å². The Morgan fingerprint density at radius 1 is 1.30 bits per heavy atom. The Balaban J connectivity index is 1.94. The Labute approximate surface area is 173 Å². The number of hydrogen-bond acceptors (Lipinski definition) is 5. The third-order valence-electron chi connectivity index (χ3n) is 5.37. The summed E-state index contributed by atoms with van der Waals surface area (Å²) in [5.74, 6) is -0.0579. The Hall–Kier alpha value is -3.44. The summed E-state index contributed by atoms with van der Waals surface area (Å²) in [7, 11) is -4.00. The van der Waals surface area contributed by atoms with Gasteiger partial charge in [-0.1, -0.05) is 6.07 Å². The summed E-state index contributed by atoms with van der Waals surface area (Å²) in [6.45, 7) is 3.41. The molecular formula is C22H19N3O4S. The molecule has 0 bridgehead atoms. The molecule has 0 spiro atoms. The number of aryl methyl sites for hydroxylation is 1. The van der Waals surface area contributed by atoms with Crippen molar-refractivity contribution in [2.45, 2.75) is 31.6 Å². The van der Waals surface area contributed by atoms with Crippen molar-refractivity contribution in [2.75, 3.05) is 10.8 Å². The van der Waals surface area contributed by atoms with E-state index in [9.17, 15) is 23.3 Å². The number of hydrogen-bond donors (Lipinski definition) is 1. The van der Waals surface area contributed by atoms with Crippen LogP contribution in [0, 0.1) is 18.3 Å². The topological polar surface area (TPSA) is 111 Å². The third-order valence-corrected chi connectivity index (χ3v) is 7.23. The van der Waals surface area contributed by atoms with E-state index in [0.29, 0.717) is 39.6 Å². The van der Waals surface area contributed by atoms with E-state index in [0.717, 1.165) is 5.56 Å². The minimum atomic E-state index is -4.00. The number of sulfonamides is 1. The highest BCUT2D eigenvalue weighted by Crippen LogP contribution is 2.38. The maximum Gasteiger partial charge on any atom is 0.264 e. The van der Waals surface area contributed by atoms with Crippen molar-refractivity contribution < 1.29 is 13.2 Å². The highest BCUT2D eigenvalue weighted by atomic mass is 32.2. The number of Topliss-reactive ketones (excluding diaryl/α,β-unsaturated/α-hetero) is 1. The van der Waals surface area contributed by atoms with E-state index in [4.69, 9.17) is 0 Å². The van der Waals surface area contributed by atoms with Crippen LogP contribution in [0.5, 0.6) is 0 Å². The molecule has 1 N–H and O–H groups in total. The number of nitriles is 1. The van der Waals surface area contributed by atoms with E-state index in [-0.39, 0.29) is 29.2 Å². The van der Waals surface area contributed by atoms with Crippen molar-refractivity contribution in [1.29, 1.82) is 5.26 Å². The number of aromatic nitrogens is 1. The van der Waals surface area contributed by atoms with Gasteiger partial charge in [-0.05, 0) is 61.2 Å². The average Bonchev–Trinajstić information content (AvgIpc) is 3.15. The van der Waals surface area contributed by atoms with Crippen molar-refractivity contribution in [3.63, 3.8) is 0 Å². The minimum absolute atomic E-state index is 0.0481. The third kappa shape index (κ3) is 3.08. The number of anilines is 1. The predicted octanol–water partition coefficient (Wildman–Crippen LogP) is 2.59. The van der Waals surface area contributed by atoms with E-state index < -0.39 is 10.0 Å². The first-order chi connectivity index (χ1) is 14.2. The lowest BCUT2D eigenvalue weighted by molar-refractivity contribution is -0.116. The van der Waals surface area contributed by atoms with Gasteiger partial charge in [-0.2, -0.15) is 5.26 Å². The first-order valence-electron chi connectivity index (χ1n) is 9.43. The second kappa shape index (κ2) is 7.11. The first-order valence-corrected chi connectivity index (χ1v) is 10.9. The van der Waals surface area contributed by atoms with Crippen molar-refractivity contribution in [3.8, 4) is 6.07 Å². The maximum atomic E-state index is 13.7. The first kappa shape index (κ1) is 19.9. The van der Waals surface area contributed by atoms with Gasteiger partial charge >= 0.3 is 0 Å². The Morgan fingerprint density at radius 3 is 2.77 bits per heavy atom. The molecule has 1 aliphatic heterocycles. The number of ketones is 1. The van der Waals surface area contributed by atoms with E-state index in [1.807, 2.05) is 0 Å². The fourth-order valence-electron chi connectivity index (χ4n) is 4.08. The molecule has 1 aliphatic rings. The van der Waals surface area contributed by atoms with Crippen LogP contribution in [0.1, 0.15) is 29.2 Å². The summed E-state index contributed by atoms with van der Waals surface area (Å²) in [5, 5.41) is 10.1.